The van der Waals surface area contributed by atoms with E-state index in [1.54, 1.807) is 24.0 Å². The molecule has 0 unspecified atom stereocenters. The van der Waals surface area contributed by atoms with Gasteiger partial charge < -0.3 is 5.32 Å². The van der Waals surface area contributed by atoms with Crippen molar-refractivity contribution in [1.29, 1.82) is 0 Å². The van der Waals surface area contributed by atoms with Gasteiger partial charge in [-0.3, -0.25) is 5.43 Å². The first-order valence-electron chi connectivity index (χ1n) is 7.62. The Balaban J connectivity index is 1.70. The standard InChI is InChI=1S/C18H14Cl3N3S2/c1-10-4-2-3-5-15(10)23-18(25)24-22-8-11-9-26-17-13(16(11)21)6-12(19)7-14(17)20/h2-8H,9H2,1H3,(H2,23,24,25)/b22-8+. The maximum atomic E-state index is 6.50. The number of aryl methyl sites for hydroxylation is 1. The fourth-order valence-corrected chi connectivity index (χ4v) is 4.63. The molecule has 2 N–H and O–H groups in total. The molecule has 3 nitrogen and oxygen atoms in total. The SMILES string of the molecule is Cc1ccccc1NC(=S)N/N=C/C1=C(Cl)c2cc(Cl)cc(Cl)c2SC1. The van der Waals surface area contributed by atoms with Crippen molar-refractivity contribution in [2.75, 3.05) is 11.1 Å². The Labute approximate surface area is 176 Å². The van der Waals surface area contributed by atoms with Crippen LogP contribution >= 0.6 is 58.8 Å². The summed E-state index contributed by atoms with van der Waals surface area (Å²) >= 11 is 25.7. The predicted molar refractivity (Wildman–Crippen MR) is 119 cm³/mol. The third-order valence-corrected chi connectivity index (χ3v) is 6.13. The molecule has 0 bridgehead atoms. The maximum absolute atomic E-state index is 6.50. The normalized spacial score (nSPS) is 13.7. The summed E-state index contributed by atoms with van der Waals surface area (Å²) in [6.07, 6.45) is 1.67. The van der Waals surface area contributed by atoms with Crippen molar-refractivity contribution < 1.29 is 0 Å². The molecule has 0 aliphatic carbocycles. The molecule has 0 atom stereocenters. The molecule has 0 spiro atoms. The first-order valence-corrected chi connectivity index (χ1v) is 10.1. The molecule has 2 aromatic rings. The largest absolute Gasteiger partial charge is 0.331 e. The smallest absolute Gasteiger partial charge is 0.191 e. The van der Waals surface area contributed by atoms with Crippen molar-refractivity contribution >= 4 is 80.8 Å². The number of halogens is 3. The number of nitrogens with zero attached hydrogens (tertiary/aromatic N) is 1. The monoisotopic (exact) mass is 441 g/mol. The molecular formula is C18H14Cl3N3S2. The van der Waals surface area contributed by atoms with Crippen LogP contribution in [0.15, 0.2) is 52.0 Å². The van der Waals surface area contributed by atoms with Gasteiger partial charge in [-0.25, -0.2) is 0 Å². The number of rotatable bonds is 3. The minimum absolute atomic E-state index is 0.405. The fourth-order valence-electron chi connectivity index (χ4n) is 2.38. The highest BCUT2D eigenvalue weighted by Crippen LogP contribution is 2.43. The molecule has 1 aliphatic heterocycles. The van der Waals surface area contributed by atoms with E-state index in [9.17, 15) is 0 Å². The summed E-state index contributed by atoms with van der Waals surface area (Å²) < 4.78 is 0. The lowest BCUT2D eigenvalue weighted by Gasteiger charge is -2.18. The number of hydrogen-bond donors (Lipinski definition) is 2. The molecule has 0 amide bonds. The van der Waals surface area contributed by atoms with Crippen molar-refractivity contribution in [1.82, 2.24) is 5.43 Å². The molecule has 0 radical (unpaired) electrons. The summed E-state index contributed by atoms with van der Waals surface area (Å²) in [6.45, 7) is 2.01. The van der Waals surface area contributed by atoms with Crippen LogP contribution in [0.25, 0.3) is 5.03 Å². The lowest BCUT2D eigenvalue weighted by molar-refractivity contribution is 1.05. The summed E-state index contributed by atoms with van der Waals surface area (Å²) in [5.74, 6) is 0.663. The molecule has 1 aliphatic rings. The van der Waals surface area contributed by atoms with E-state index in [-0.39, 0.29) is 0 Å². The number of nitrogens with one attached hydrogen (secondary N) is 2. The van der Waals surface area contributed by atoms with Gasteiger partial charge in [0.15, 0.2) is 5.11 Å². The summed E-state index contributed by atoms with van der Waals surface area (Å²) in [4.78, 5) is 0.933. The first kappa shape index (κ1) is 19.5. The average molecular weight is 443 g/mol. The van der Waals surface area contributed by atoms with Crippen LogP contribution in [-0.4, -0.2) is 17.1 Å². The van der Waals surface area contributed by atoms with E-state index in [2.05, 4.69) is 15.8 Å². The molecule has 0 saturated carbocycles. The highest BCUT2D eigenvalue weighted by atomic mass is 35.5. The van der Waals surface area contributed by atoms with Gasteiger partial charge in [0.25, 0.3) is 0 Å². The van der Waals surface area contributed by atoms with E-state index >= 15 is 0 Å². The Bertz CT molecular complexity index is 926. The molecule has 8 heteroatoms. The van der Waals surface area contributed by atoms with Gasteiger partial charge >= 0.3 is 0 Å². The number of hydrogen-bond acceptors (Lipinski definition) is 3. The van der Waals surface area contributed by atoms with E-state index in [0.29, 0.717) is 25.9 Å². The van der Waals surface area contributed by atoms with Gasteiger partial charge in [0, 0.05) is 32.5 Å². The molecule has 2 aromatic carbocycles. The number of thiocarbonyl (C=S) groups is 1. The number of thioether (sulfide) groups is 1. The zero-order chi connectivity index (χ0) is 18.7. The second kappa shape index (κ2) is 8.63. The minimum Gasteiger partial charge on any atom is -0.331 e. The lowest BCUT2D eigenvalue weighted by atomic mass is 10.1. The Hall–Kier alpha value is -1.24. The van der Waals surface area contributed by atoms with Gasteiger partial charge in [0.2, 0.25) is 0 Å². The number of anilines is 1. The molecule has 0 aromatic heterocycles. The van der Waals surface area contributed by atoms with E-state index in [0.717, 1.165) is 27.3 Å². The summed E-state index contributed by atoms with van der Waals surface area (Å²) in [5, 5.41) is 9.44. The average Bonchev–Trinajstić information content (AvgIpc) is 2.59. The number of hydrazone groups is 1. The summed E-state index contributed by atoms with van der Waals surface area (Å²) in [5.41, 5.74) is 6.53. The van der Waals surface area contributed by atoms with Crippen molar-refractivity contribution in [2.45, 2.75) is 11.8 Å². The maximum Gasteiger partial charge on any atom is 0.191 e. The van der Waals surface area contributed by atoms with E-state index in [1.165, 1.54) is 0 Å². The predicted octanol–water partition coefficient (Wildman–Crippen LogP) is 6.33. The van der Waals surface area contributed by atoms with Gasteiger partial charge in [-0.1, -0.05) is 53.0 Å². The Kier molecular flexibility index (Phi) is 6.48. The van der Waals surface area contributed by atoms with Gasteiger partial charge in [-0.15, -0.1) is 11.8 Å². The van der Waals surface area contributed by atoms with Crippen LogP contribution < -0.4 is 10.7 Å². The molecular weight excluding hydrogens is 429 g/mol. The fraction of sp³-hybridized carbons (Fsp3) is 0.111. The topological polar surface area (TPSA) is 36.4 Å². The van der Waals surface area contributed by atoms with Crippen molar-refractivity contribution in [3.63, 3.8) is 0 Å². The van der Waals surface area contributed by atoms with Gasteiger partial charge in [0.05, 0.1) is 16.3 Å². The third kappa shape index (κ3) is 4.53. The van der Waals surface area contributed by atoms with Gasteiger partial charge in [-0.05, 0) is 42.9 Å². The van der Waals surface area contributed by atoms with Crippen LogP contribution in [0, 0.1) is 6.92 Å². The second-order valence-corrected chi connectivity index (χ2v) is 8.15. The van der Waals surface area contributed by atoms with Crippen LogP contribution in [0.4, 0.5) is 5.69 Å². The van der Waals surface area contributed by atoms with Crippen molar-refractivity contribution in [2.24, 2.45) is 5.10 Å². The highest BCUT2D eigenvalue weighted by molar-refractivity contribution is 7.99. The highest BCUT2D eigenvalue weighted by Gasteiger charge is 2.20. The van der Waals surface area contributed by atoms with Crippen LogP contribution in [-0.2, 0) is 0 Å². The number of fused-ring (bicyclic) bond motifs is 1. The lowest BCUT2D eigenvalue weighted by Crippen LogP contribution is -2.24. The third-order valence-electron chi connectivity index (χ3n) is 3.68. The van der Waals surface area contributed by atoms with Crippen LogP contribution in [0.2, 0.25) is 10.0 Å². The van der Waals surface area contributed by atoms with Crippen LogP contribution in [0.5, 0.6) is 0 Å². The van der Waals surface area contributed by atoms with Crippen LogP contribution in [0.3, 0.4) is 0 Å². The number of benzene rings is 2. The molecule has 134 valence electrons. The number of para-hydroxylation sites is 1. The second-order valence-electron chi connectivity index (χ2n) is 5.53. The van der Waals surface area contributed by atoms with Crippen LogP contribution in [0.1, 0.15) is 11.1 Å². The van der Waals surface area contributed by atoms with Gasteiger partial charge in [-0.2, -0.15) is 5.10 Å². The van der Waals surface area contributed by atoms with E-state index in [4.69, 9.17) is 47.0 Å². The molecule has 0 saturated heterocycles. The first-order chi connectivity index (χ1) is 12.5. The Morgan fingerprint density at radius 3 is 2.77 bits per heavy atom. The molecule has 0 fully saturated rings. The van der Waals surface area contributed by atoms with Gasteiger partial charge in [0.1, 0.15) is 0 Å². The zero-order valence-corrected chi connectivity index (χ0v) is 17.5. The Morgan fingerprint density at radius 1 is 1.23 bits per heavy atom. The van der Waals surface area contributed by atoms with Crippen molar-refractivity contribution in [3.8, 4) is 0 Å². The summed E-state index contributed by atoms with van der Waals surface area (Å²) in [6, 6.07) is 11.4. The van der Waals surface area contributed by atoms with E-state index in [1.807, 2.05) is 37.3 Å². The minimum atomic E-state index is 0.405. The summed E-state index contributed by atoms with van der Waals surface area (Å²) in [7, 11) is 0. The van der Waals surface area contributed by atoms with E-state index < -0.39 is 0 Å². The molecule has 26 heavy (non-hydrogen) atoms. The Morgan fingerprint density at radius 2 is 2.00 bits per heavy atom. The molecule has 3 rings (SSSR count). The molecule has 1 heterocycles. The quantitative estimate of drug-likeness (QED) is 0.331. The zero-order valence-electron chi connectivity index (χ0n) is 13.6. The van der Waals surface area contributed by atoms with Crippen molar-refractivity contribution in [3.05, 3.63) is 63.1 Å².